The molecule has 1 aliphatic rings. The summed E-state index contributed by atoms with van der Waals surface area (Å²) in [5.74, 6) is -1.56. The highest BCUT2D eigenvalue weighted by molar-refractivity contribution is 5.79. The highest BCUT2D eigenvalue weighted by Gasteiger charge is 2.26. The van der Waals surface area contributed by atoms with Crippen LogP contribution in [0.3, 0.4) is 0 Å². The van der Waals surface area contributed by atoms with Crippen molar-refractivity contribution in [1.82, 2.24) is 14.9 Å². The third-order valence-electron chi connectivity index (χ3n) is 4.45. The van der Waals surface area contributed by atoms with Gasteiger partial charge in [0, 0.05) is 25.0 Å². The normalized spacial score (nSPS) is 17.2. The van der Waals surface area contributed by atoms with Crippen LogP contribution >= 0.6 is 0 Å². The van der Waals surface area contributed by atoms with Gasteiger partial charge in [-0.1, -0.05) is 13.0 Å². The number of rotatable bonds is 5. The molecule has 1 saturated heterocycles. The van der Waals surface area contributed by atoms with Crippen molar-refractivity contribution < 1.29 is 18.3 Å². The molecular formula is C19H21F2N3O2. The summed E-state index contributed by atoms with van der Waals surface area (Å²) < 4.78 is 32.5. The second-order valence-electron chi connectivity index (χ2n) is 6.36. The van der Waals surface area contributed by atoms with Gasteiger partial charge >= 0.3 is 6.01 Å². The summed E-state index contributed by atoms with van der Waals surface area (Å²) in [6, 6.07) is 3.56. The largest absolute Gasteiger partial charge is 0.458 e. The highest BCUT2D eigenvalue weighted by Crippen LogP contribution is 2.18. The van der Waals surface area contributed by atoms with Gasteiger partial charge in [-0.3, -0.25) is 4.79 Å². The second-order valence-corrected chi connectivity index (χ2v) is 6.36. The fourth-order valence-corrected chi connectivity index (χ4v) is 2.94. The maximum absolute atomic E-state index is 13.8. The zero-order valence-electron chi connectivity index (χ0n) is 14.6. The molecule has 0 N–H and O–H groups in total. The summed E-state index contributed by atoms with van der Waals surface area (Å²) in [5, 5.41) is 0. The van der Waals surface area contributed by atoms with Crippen LogP contribution in [0, 0.1) is 11.6 Å². The average Bonchev–Trinajstić information content (AvgIpc) is 2.65. The smallest absolute Gasteiger partial charge is 0.316 e. The van der Waals surface area contributed by atoms with E-state index in [1.807, 2.05) is 6.92 Å². The summed E-state index contributed by atoms with van der Waals surface area (Å²) in [5.41, 5.74) is 1.22. The van der Waals surface area contributed by atoms with Crippen molar-refractivity contribution in [3.8, 4) is 6.01 Å². The minimum atomic E-state index is -0.701. The first-order valence-electron chi connectivity index (χ1n) is 8.74. The van der Waals surface area contributed by atoms with Crippen molar-refractivity contribution in [2.24, 2.45) is 0 Å². The van der Waals surface area contributed by atoms with Gasteiger partial charge in [-0.2, -0.15) is 0 Å². The first-order valence-corrected chi connectivity index (χ1v) is 8.74. The molecule has 1 aliphatic heterocycles. The van der Waals surface area contributed by atoms with Gasteiger partial charge in [-0.25, -0.2) is 18.7 Å². The van der Waals surface area contributed by atoms with E-state index in [0.29, 0.717) is 19.1 Å². The van der Waals surface area contributed by atoms with Crippen molar-refractivity contribution in [3.05, 3.63) is 53.4 Å². The Kier molecular flexibility index (Phi) is 5.75. The number of hydrogen-bond acceptors (Lipinski definition) is 4. The van der Waals surface area contributed by atoms with Crippen LogP contribution < -0.4 is 4.74 Å². The Morgan fingerprint density at radius 2 is 2.08 bits per heavy atom. The third-order valence-corrected chi connectivity index (χ3v) is 4.45. The molecule has 0 radical (unpaired) electrons. The fourth-order valence-electron chi connectivity index (χ4n) is 2.94. The molecule has 1 fully saturated rings. The molecule has 26 heavy (non-hydrogen) atoms. The van der Waals surface area contributed by atoms with Crippen LogP contribution in [0.1, 0.15) is 30.9 Å². The van der Waals surface area contributed by atoms with E-state index in [0.717, 1.165) is 37.0 Å². The first kappa shape index (κ1) is 18.2. The predicted octanol–water partition coefficient (Wildman–Crippen LogP) is 2.93. The SMILES string of the molecule is CCc1cnc(OC2CCCN(C(=O)Cc3ccc(F)cc3F)C2)nc1. The number of benzene rings is 1. The zero-order chi connectivity index (χ0) is 18.5. The third kappa shape index (κ3) is 4.53. The molecular weight excluding hydrogens is 340 g/mol. The average molecular weight is 361 g/mol. The zero-order valence-corrected chi connectivity index (χ0v) is 14.6. The molecule has 0 bridgehead atoms. The number of hydrogen-bond donors (Lipinski definition) is 0. The molecule has 0 aliphatic carbocycles. The van der Waals surface area contributed by atoms with Gasteiger partial charge in [-0.05, 0) is 36.5 Å². The molecule has 0 spiro atoms. The molecule has 1 aromatic heterocycles. The number of halogens is 2. The maximum Gasteiger partial charge on any atom is 0.316 e. The molecule has 7 heteroatoms. The Labute approximate surface area is 151 Å². The Balaban J connectivity index is 1.59. The number of carbonyl (C=O) groups is 1. The van der Waals surface area contributed by atoms with Crippen molar-refractivity contribution in [2.45, 2.75) is 38.7 Å². The molecule has 138 valence electrons. The molecule has 0 saturated carbocycles. The van der Waals surface area contributed by atoms with E-state index >= 15 is 0 Å². The predicted molar refractivity (Wildman–Crippen MR) is 91.7 cm³/mol. The Morgan fingerprint density at radius 1 is 1.31 bits per heavy atom. The molecule has 1 unspecified atom stereocenters. The first-order chi connectivity index (χ1) is 12.5. The monoisotopic (exact) mass is 361 g/mol. The van der Waals surface area contributed by atoms with Crippen LogP contribution in [0.5, 0.6) is 6.01 Å². The Bertz CT molecular complexity index is 768. The topological polar surface area (TPSA) is 55.3 Å². The lowest BCUT2D eigenvalue weighted by Gasteiger charge is -2.32. The van der Waals surface area contributed by atoms with E-state index in [1.54, 1.807) is 17.3 Å². The maximum atomic E-state index is 13.8. The van der Waals surface area contributed by atoms with Gasteiger partial charge in [0.05, 0.1) is 13.0 Å². The van der Waals surface area contributed by atoms with E-state index in [4.69, 9.17) is 4.74 Å². The lowest BCUT2D eigenvalue weighted by Crippen LogP contribution is -2.45. The number of nitrogens with zero attached hydrogens (tertiary/aromatic N) is 3. The van der Waals surface area contributed by atoms with Crippen LogP contribution in [0.25, 0.3) is 0 Å². The number of ether oxygens (including phenoxy) is 1. The molecule has 1 amide bonds. The molecule has 1 aromatic carbocycles. The molecule has 2 aromatic rings. The van der Waals surface area contributed by atoms with Crippen LogP contribution in [0.15, 0.2) is 30.6 Å². The van der Waals surface area contributed by atoms with E-state index < -0.39 is 11.6 Å². The summed E-state index contributed by atoms with van der Waals surface area (Å²) in [4.78, 5) is 22.5. The lowest BCUT2D eigenvalue weighted by molar-refractivity contribution is -0.133. The fraction of sp³-hybridized carbons (Fsp3) is 0.421. The molecule has 2 heterocycles. The van der Waals surface area contributed by atoms with Crippen molar-refractivity contribution in [2.75, 3.05) is 13.1 Å². The Hall–Kier alpha value is -2.57. The summed E-state index contributed by atoms with van der Waals surface area (Å²) in [6.45, 7) is 3.02. The summed E-state index contributed by atoms with van der Waals surface area (Å²) >= 11 is 0. The van der Waals surface area contributed by atoms with E-state index in [9.17, 15) is 13.6 Å². The summed E-state index contributed by atoms with van der Waals surface area (Å²) in [7, 11) is 0. The van der Waals surface area contributed by atoms with E-state index in [-0.39, 0.29) is 24.0 Å². The van der Waals surface area contributed by atoms with Crippen LogP contribution in [-0.4, -0.2) is 40.0 Å². The van der Waals surface area contributed by atoms with Gasteiger partial charge in [0.15, 0.2) is 0 Å². The van der Waals surface area contributed by atoms with E-state index in [1.165, 1.54) is 6.07 Å². The Morgan fingerprint density at radius 3 is 2.77 bits per heavy atom. The van der Waals surface area contributed by atoms with Gasteiger partial charge in [0.25, 0.3) is 0 Å². The molecule has 5 nitrogen and oxygen atoms in total. The summed E-state index contributed by atoms with van der Waals surface area (Å²) in [6.07, 6.45) is 5.60. The number of amides is 1. The number of aryl methyl sites for hydroxylation is 1. The van der Waals surface area contributed by atoms with Gasteiger partial charge in [-0.15, -0.1) is 0 Å². The number of piperidine rings is 1. The van der Waals surface area contributed by atoms with Crippen LogP contribution in [0.2, 0.25) is 0 Å². The van der Waals surface area contributed by atoms with Crippen molar-refractivity contribution >= 4 is 5.91 Å². The minimum absolute atomic E-state index is 0.0967. The minimum Gasteiger partial charge on any atom is -0.458 e. The van der Waals surface area contributed by atoms with Crippen molar-refractivity contribution in [3.63, 3.8) is 0 Å². The van der Waals surface area contributed by atoms with Crippen molar-refractivity contribution in [1.29, 1.82) is 0 Å². The number of carbonyl (C=O) groups excluding carboxylic acids is 1. The van der Waals surface area contributed by atoms with Crippen LogP contribution in [0.4, 0.5) is 8.78 Å². The lowest BCUT2D eigenvalue weighted by atomic mass is 10.1. The number of aromatic nitrogens is 2. The van der Waals surface area contributed by atoms with Gasteiger partial charge in [0.2, 0.25) is 5.91 Å². The van der Waals surface area contributed by atoms with Gasteiger partial charge in [0.1, 0.15) is 17.7 Å². The second kappa shape index (κ2) is 8.21. The van der Waals surface area contributed by atoms with Gasteiger partial charge < -0.3 is 9.64 Å². The quantitative estimate of drug-likeness (QED) is 0.822. The standard InChI is InChI=1S/C19H21F2N3O2/c1-2-13-10-22-19(23-11-13)26-16-4-3-7-24(12-16)18(25)8-14-5-6-15(20)9-17(14)21/h5-6,9-11,16H,2-4,7-8,12H2,1H3. The molecule has 3 rings (SSSR count). The molecule has 1 atom stereocenters. The highest BCUT2D eigenvalue weighted by atomic mass is 19.1. The number of likely N-dealkylation sites (tertiary alicyclic amines) is 1. The van der Waals surface area contributed by atoms with Crippen LogP contribution in [-0.2, 0) is 17.6 Å². The van der Waals surface area contributed by atoms with E-state index in [2.05, 4.69) is 9.97 Å².